The lowest BCUT2D eigenvalue weighted by atomic mass is 9.91. The van der Waals surface area contributed by atoms with Gasteiger partial charge in [-0.1, -0.05) is 24.3 Å². The van der Waals surface area contributed by atoms with E-state index in [1.54, 1.807) is 26.0 Å². The number of carboxylic acids is 1. The Hall–Kier alpha value is -1.92. The smallest absolute Gasteiger partial charge is 0.303 e. The minimum absolute atomic E-state index is 0.0787. The van der Waals surface area contributed by atoms with Crippen LogP contribution in [0.1, 0.15) is 44.8 Å². The van der Waals surface area contributed by atoms with Crippen molar-refractivity contribution < 1.29 is 28.9 Å². The Morgan fingerprint density at radius 1 is 1.42 bits per heavy atom. The van der Waals surface area contributed by atoms with Crippen molar-refractivity contribution in [1.29, 1.82) is 0 Å². The predicted octanol–water partition coefficient (Wildman–Crippen LogP) is 3.78. The van der Waals surface area contributed by atoms with Crippen LogP contribution in [0.15, 0.2) is 30.4 Å². The number of aliphatic carboxylic acids is 1. The minimum atomic E-state index is -0.840. The van der Waals surface area contributed by atoms with Crippen molar-refractivity contribution in [3.05, 3.63) is 41.7 Å². The number of phenolic OH excluding ortho intramolecular Hbond substituents is 1. The molecule has 2 atom stereocenters. The van der Waals surface area contributed by atoms with E-state index in [4.69, 9.17) is 14.6 Å². The fourth-order valence-corrected chi connectivity index (χ4v) is 2.70. The topological polar surface area (TPSA) is 76.0 Å². The zero-order valence-corrected chi connectivity index (χ0v) is 13.9. The van der Waals surface area contributed by atoms with Gasteiger partial charge in [-0.25, -0.2) is 4.39 Å². The first-order valence-electron chi connectivity index (χ1n) is 7.96. The molecule has 2 N–H and O–H groups in total. The highest BCUT2D eigenvalue weighted by Crippen LogP contribution is 2.42. The number of allylic oxidation sites excluding steroid dienone is 2. The maximum Gasteiger partial charge on any atom is 0.303 e. The van der Waals surface area contributed by atoms with E-state index in [0.717, 1.165) is 0 Å². The van der Waals surface area contributed by atoms with E-state index in [1.165, 1.54) is 12.1 Å². The summed E-state index contributed by atoms with van der Waals surface area (Å²) in [6.45, 7) is 3.95. The molecule has 1 aromatic rings. The molecule has 5 nitrogen and oxygen atoms in total. The molecule has 1 aromatic carbocycles. The number of para-hydroxylation sites is 1. The van der Waals surface area contributed by atoms with Crippen molar-refractivity contribution in [2.24, 2.45) is 5.92 Å². The number of rotatable bonds is 6. The maximum atomic E-state index is 13.7. The third-order valence-corrected chi connectivity index (χ3v) is 3.94. The molecule has 0 unspecified atom stereocenters. The first-order chi connectivity index (χ1) is 11.3. The highest BCUT2D eigenvalue weighted by atomic mass is 19.1. The highest BCUT2D eigenvalue weighted by Gasteiger charge is 2.38. The molecule has 0 aliphatic carbocycles. The van der Waals surface area contributed by atoms with Gasteiger partial charge in [-0.3, -0.25) is 4.79 Å². The van der Waals surface area contributed by atoms with Crippen molar-refractivity contribution in [3.63, 3.8) is 0 Å². The van der Waals surface area contributed by atoms with Crippen LogP contribution in [0.2, 0.25) is 0 Å². The molecule has 0 amide bonds. The van der Waals surface area contributed by atoms with Gasteiger partial charge in [0.1, 0.15) is 0 Å². The van der Waals surface area contributed by atoms with Gasteiger partial charge in [-0.05, 0) is 32.8 Å². The first-order valence-corrected chi connectivity index (χ1v) is 7.96. The zero-order chi connectivity index (χ0) is 17.7. The molecule has 132 valence electrons. The lowest BCUT2D eigenvalue weighted by molar-refractivity contribution is -0.295. The van der Waals surface area contributed by atoms with Crippen LogP contribution in [0.5, 0.6) is 5.75 Å². The molecule has 1 heterocycles. The summed E-state index contributed by atoms with van der Waals surface area (Å²) < 4.78 is 25.3. The molecule has 0 radical (unpaired) electrons. The molecule has 0 aromatic heterocycles. The van der Waals surface area contributed by atoms with Crippen LogP contribution in [-0.4, -0.2) is 28.6 Å². The fraction of sp³-hybridized carbons (Fsp3) is 0.500. The van der Waals surface area contributed by atoms with Gasteiger partial charge in [0.25, 0.3) is 0 Å². The Morgan fingerprint density at radius 2 is 2.17 bits per heavy atom. The summed E-state index contributed by atoms with van der Waals surface area (Å²) >= 11 is 0. The van der Waals surface area contributed by atoms with Gasteiger partial charge in [0.05, 0.1) is 12.7 Å². The van der Waals surface area contributed by atoms with E-state index in [1.807, 2.05) is 6.08 Å². The zero-order valence-electron chi connectivity index (χ0n) is 13.9. The number of halogens is 1. The number of hydrogen-bond donors (Lipinski definition) is 2. The molecule has 6 heteroatoms. The molecule has 1 aliphatic heterocycles. The molecule has 2 rings (SSSR count). The van der Waals surface area contributed by atoms with Gasteiger partial charge >= 0.3 is 5.97 Å². The molecular formula is C18H23FO5. The summed E-state index contributed by atoms with van der Waals surface area (Å²) in [7, 11) is 0. The van der Waals surface area contributed by atoms with Crippen LogP contribution in [-0.2, 0) is 14.3 Å². The van der Waals surface area contributed by atoms with E-state index in [0.29, 0.717) is 25.0 Å². The Kier molecular flexibility index (Phi) is 5.96. The minimum Gasteiger partial charge on any atom is -0.505 e. The summed E-state index contributed by atoms with van der Waals surface area (Å²) in [5.74, 6) is -2.86. The van der Waals surface area contributed by atoms with E-state index < -0.39 is 29.4 Å². The monoisotopic (exact) mass is 338 g/mol. The number of carbonyl (C=O) groups is 1. The van der Waals surface area contributed by atoms with Crippen molar-refractivity contribution in [3.8, 4) is 5.75 Å². The van der Waals surface area contributed by atoms with Gasteiger partial charge in [-0.15, -0.1) is 0 Å². The van der Waals surface area contributed by atoms with Crippen LogP contribution >= 0.6 is 0 Å². The molecule has 0 spiro atoms. The summed E-state index contributed by atoms with van der Waals surface area (Å²) in [5, 5.41) is 18.7. The SMILES string of the molecule is CC1(C)OC[C@@H](CC=CCCC(=O)O)[C@@H](c2cccc(F)c2O)O1. The molecule has 0 bridgehead atoms. The van der Waals surface area contributed by atoms with Gasteiger partial charge in [0.15, 0.2) is 17.4 Å². The molecule has 1 saturated heterocycles. The number of phenols is 1. The molecule has 0 saturated carbocycles. The Balaban J connectivity index is 2.13. The lowest BCUT2D eigenvalue weighted by Gasteiger charge is -2.41. The number of aromatic hydroxyl groups is 1. The van der Waals surface area contributed by atoms with Crippen LogP contribution in [0.3, 0.4) is 0 Å². The number of benzene rings is 1. The van der Waals surface area contributed by atoms with Gasteiger partial charge in [0, 0.05) is 17.9 Å². The van der Waals surface area contributed by atoms with Crippen LogP contribution in [0.4, 0.5) is 4.39 Å². The summed E-state index contributed by atoms with van der Waals surface area (Å²) in [6, 6.07) is 4.38. The van der Waals surface area contributed by atoms with Crippen LogP contribution in [0, 0.1) is 11.7 Å². The second kappa shape index (κ2) is 7.77. The van der Waals surface area contributed by atoms with E-state index in [9.17, 15) is 14.3 Å². The van der Waals surface area contributed by atoms with Gasteiger partial charge in [-0.2, -0.15) is 0 Å². The second-order valence-corrected chi connectivity index (χ2v) is 6.33. The quantitative estimate of drug-likeness (QED) is 0.772. The van der Waals surface area contributed by atoms with Crippen molar-refractivity contribution in [1.82, 2.24) is 0 Å². The summed E-state index contributed by atoms with van der Waals surface area (Å²) in [4.78, 5) is 10.5. The average molecular weight is 338 g/mol. The predicted molar refractivity (Wildman–Crippen MR) is 86.0 cm³/mol. The Bertz CT molecular complexity index is 611. The maximum absolute atomic E-state index is 13.7. The van der Waals surface area contributed by atoms with Gasteiger partial charge < -0.3 is 19.7 Å². The Morgan fingerprint density at radius 3 is 2.88 bits per heavy atom. The number of ether oxygens (including phenoxy) is 2. The Labute approximate surface area is 140 Å². The summed E-state index contributed by atoms with van der Waals surface area (Å²) in [5.41, 5.74) is 0.398. The third kappa shape index (κ3) is 4.79. The van der Waals surface area contributed by atoms with Gasteiger partial charge in [0.2, 0.25) is 0 Å². The summed E-state index contributed by atoms with van der Waals surface area (Å²) in [6.07, 6.45) is 4.28. The van der Waals surface area contributed by atoms with E-state index in [-0.39, 0.29) is 12.3 Å². The van der Waals surface area contributed by atoms with Crippen molar-refractivity contribution >= 4 is 5.97 Å². The molecule has 1 aliphatic rings. The van der Waals surface area contributed by atoms with Crippen LogP contribution in [0.25, 0.3) is 0 Å². The van der Waals surface area contributed by atoms with Crippen molar-refractivity contribution in [2.45, 2.75) is 45.0 Å². The lowest BCUT2D eigenvalue weighted by Crippen LogP contribution is -2.41. The number of carboxylic acid groups (broad SMARTS) is 1. The first kappa shape index (κ1) is 18.4. The van der Waals surface area contributed by atoms with Crippen molar-refractivity contribution in [2.75, 3.05) is 6.61 Å². The highest BCUT2D eigenvalue weighted by molar-refractivity contribution is 5.66. The normalized spacial score (nSPS) is 23.5. The molecule has 24 heavy (non-hydrogen) atoms. The third-order valence-electron chi connectivity index (χ3n) is 3.94. The molecule has 1 fully saturated rings. The largest absolute Gasteiger partial charge is 0.505 e. The fourth-order valence-electron chi connectivity index (χ4n) is 2.70. The standard InChI is InChI=1S/C18H23FO5/c1-18(2)23-11-12(7-4-3-5-10-15(20)21)17(24-18)13-8-6-9-14(19)16(13)22/h3-4,6,8-9,12,17,22H,5,7,10-11H2,1-2H3,(H,20,21)/t12-,17+/m1/s1. The average Bonchev–Trinajstić information content (AvgIpc) is 2.50. The molecular weight excluding hydrogens is 315 g/mol. The number of hydrogen-bond acceptors (Lipinski definition) is 4. The second-order valence-electron chi connectivity index (χ2n) is 6.33. The van der Waals surface area contributed by atoms with E-state index in [2.05, 4.69) is 0 Å². The van der Waals surface area contributed by atoms with E-state index >= 15 is 0 Å². The van der Waals surface area contributed by atoms with Crippen LogP contribution < -0.4 is 0 Å².